The van der Waals surface area contributed by atoms with Gasteiger partial charge in [0.25, 0.3) is 0 Å². The van der Waals surface area contributed by atoms with Crippen LogP contribution in [0.5, 0.6) is 5.75 Å². The molecule has 0 fully saturated rings. The minimum Gasteiger partial charge on any atom is -0.507 e. The quantitative estimate of drug-likeness (QED) is 0.139. The van der Waals surface area contributed by atoms with Crippen LogP contribution in [-0.2, 0) is 0 Å². The Morgan fingerprint density at radius 2 is 1.53 bits per heavy atom. The number of phenolic OH excluding ortho intramolecular Hbond substituents is 1. The average Bonchev–Trinajstić information content (AvgIpc) is 2.86. The van der Waals surface area contributed by atoms with Gasteiger partial charge in [-0.15, -0.1) is 11.8 Å². The fourth-order valence-electron chi connectivity index (χ4n) is 2.93. The molecular weight excluding hydrogens is 464 g/mol. The van der Waals surface area contributed by atoms with Crippen LogP contribution in [0.2, 0.25) is 0 Å². The second-order valence-corrected chi connectivity index (χ2v) is 8.87. The normalized spacial score (nSPS) is 12.7. The fourth-order valence-corrected chi connectivity index (χ4v) is 3.69. The van der Waals surface area contributed by atoms with Crippen LogP contribution in [0.1, 0.15) is 16.7 Å². The van der Waals surface area contributed by atoms with Gasteiger partial charge in [0.05, 0.1) is 18.1 Å². The van der Waals surface area contributed by atoms with Gasteiger partial charge < -0.3 is 10.4 Å². The number of hydrazone groups is 2. The molecule has 9 heteroatoms. The van der Waals surface area contributed by atoms with Gasteiger partial charge in [0, 0.05) is 16.8 Å². The third kappa shape index (κ3) is 7.86. The first-order valence-electron chi connectivity index (χ1n) is 10.5. The summed E-state index contributed by atoms with van der Waals surface area (Å²) < 4.78 is 0. The number of para-hydroxylation sites is 2. The van der Waals surface area contributed by atoms with Gasteiger partial charge in [-0.1, -0.05) is 48.2 Å². The molecule has 4 N–H and O–H groups in total. The van der Waals surface area contributed by atoms with E-state index in [1.54, 1.807) is 24.2 Å². The number of anilines is 1. The topological polar surface area (TPSA) is 93.4 Å². The number of rotatable bonds is 9. The van der Waals surface area contributed by atoms with Crippen molar-refractivity contribution in [3.8, 4) is 5.75 Å². The molecule has 0 aliphatic rings. The fraction of sp³-hybridized carbons (Fsp3) is 0.160. The monoisotopic (exact) mass is 492 g/mol. The van der Waals surface area contributed by atoms with Crippen LogP contribution in [0.3, 0.4) is 0 Å². The van der Waals surface area contributed by atoms with E-state index in [0.717, 1.165) is 16.9 Å². The zero-order valence-corrected chi connectivity index (χ0v) is 20.9. The molecular formula is C25H28N6OS2. The van der Waals surface area contributed by atoms with Crippen molar-refractivity contribution >= 4 is 52.5 Å². The number of amidine groups is 1. The number of nitrogens with one attached hydrogen (secondary N) is 3. The molecule has 0 spiro atoms. The summed E-state index contributed by atoms with van der Waals surface area (Å²) in [5, 5.41) is 23.3. The van der Waals surface area contributed by atoms with Gasteiger partial charge in [0.15, 0.2) is 10.7 Å². The van der Waals surface area contributed by atoms with Crippen LogP contribution in [-0.4, -0.2) is 40.7 Å². The van der Waals surface area contributed by atoms with E-state index in [1.165, 1.54) is 11.8 Å². The first kappa shape index (κ1) is 25.2. The Balaban J connectivity index is 1.67. The molecule has 0 aliphatic carbocycles. The van der Waals surface area contributed by atoms with E-state index in [1.807, 2.05) is 92.2 Å². The highest BCUT2D eigenvalue weighted by atomic mass is 32.2. The first-order chi connectivity index (χ1) is 16.6. The van der Waals surface area contributed by atoms with Crippen molar-refractivity contribution in [1.82, 2.24) is 10.9 Å². The van der Waals surface area contributed by atoms with E-state index in [9.17, 15) is 5.11 Å². The summed E-state index contributed by atoms with van der Waals surface area (Å²) in [4.78, 5) is 4.52. The zero-order chi connectivity index (χ0) is 24.2. The second kappa shape index (κ2) is 13.3. The van der Waals surface area contributed by atoms with Crippen molar-refractivity contribution in [3.05, 3.63) is 89.5 Å². The predicted octanol–water partition coefficient (Wildman–Crippen LogP) is 5.36. The third-order valence-electron chi connectivity index (χ3n) is 4.56. The lowest BCUT2D eigenvalue weighted by Gasteiger charge is -2.17. The van der Waals surface area contributed by atoms with Gasteiger partial charge >= 0.3 is 0 Å². The molecule has 0 heterocycles. The molecule has 0 unspecified atom stereocenters. The number of aromatic hydroxyl groups is 1. The lowest BCUT2D eigenvalue weighted by Crippen LogP contribution is -2.29. The molecule has 176 valence electrons. The Hall–Kier alpha value is -3.43. The molecule has 0 saturated heterocycles. The number of thioether (sulfide) groups is 2. The molecule has 1 atom stereocenters. The molecule has 3 rings (SSSR count). The van der Waals surface area contributed by atoms with Crippen molar-refractivity contribution in [1.29, 1.82) is 0 Å². The minimum atomic E-state index is -0.121. The number of benzene rings is 3. The number of aryl methyl sites for hydroxylation is 1. The molecule has 0 amide bonds. The lowest BCUT2D eigenvalue weighted by molar-refractivity contribution is 0.473. The van der Waals surface area contributed by atoms with Crippen molar-refractivity contribution in [2.24, 2.45) is 15.2 Å². The summed E-state index contributed by atoms with van der Waals surface area (Å²) >= 11 is 3.04. The van der Waals surface area contributed by atoms with Crippen LogP contribution in [0.15, 0.2) is 88.0 Å². The van der Waals surface area contributed by atoms with Crippen molar-refractivity contribution in [2.45, 2.75) is 12.4 Å². The lowest BCUT2D eigenvalue weighted by atomic mass is 10.1. The maximum absolute atomic E-state index is 10.7. The second-order valence-electron chi connectivity index (χ2n) is 7.13. The summed E-state index contributed by atoms with van der Waals surface area (Å²) in [6, 6.07) is 23.3. The van der Waals surface area contributed by atoms with E-state index in [0.29, 0.717) is 16.3 Å². The Bertz CT molecular complexity index is 1140. The number of phenols is 1. The SMILES string of the molecule is CSC(=Nc1ccccc1)N/N=C\c1cc(C)cc(/C=N/N[C@H](Nc2ccccc2)SC)c1O. The van der Waals surface area contributed by atoms with Crippen molar-refractivity contribution < 1.29 is 5.11 Å². The Kier molecular flexibility index (Phi) is 9.87. The van der Waals surface area contributed by atoms with Crippen LogP contribution in [0.4, 0.5) is 11.4 Å². The molecule has 3 aromatic carbocycles. The predicted molar refractivity (Wildman–Crippen MR) is 149 cm³/mol. The van der Waals surface area contributed by atoms with E-state index in [4.69, 9.17) is 0 Å². The standard InChI is InChI=1S/C25H28N6OS2/c1-18-14-19(16-26-30-24(33-2)28-21-10-6-4-7-11-21)23(32)20(15-18)17-27-31-25(34-3)29-22-12-8-5-9-13-22/h4-17,24,28,30,32H,1-3H3,(H,29,31)/b26-16+,27-17-/t24-/m0/s1. The highest BCUT2D eigenvalue weighted by Gasteiger charge is 2.07. The van der Waals surface area contributed by atoms with Crippen molar-refractivity contribution in [3.63, 3.8) is 0 Å². The molecule has 0 aromatic heterocycles. The number of nitrogens with zero attached hydrogens (tertiary/aromatic N) is 3. The number of hydrogen-bond donors (Lipinski definition) is 4. The zero-order valence-electron chi connectivity index (χ0n) is 19.3. The molecule has 0 bridgehead atoms. The molecule has 0 radical (unpaired) electrons. The number of aliphatic imine (C=N–C) groups is 1. The van der Waals surface area contributed by atoms with Gasteiger partial charge in [-0.2, -0.15) is 10.2 Å². The van der Waals surface area contributed by atoms with Gasteiger partial charge in [0.2, 0.25) is 0 Å². The smallest absolute Gasteiger partial charge is 0.182 e. The van der Waals surface area contributed by atoms with Gasteiger partial charge in [-0.25, -0.2) is 4.99 Å². The van der Waals surface area contributed by atoms with Crippen molar-refractivity contribution in [2.75, 3.05) is 17.8 Å². The van der Waals surface area contributed by atoms with Crippen LogP contribution < -0.4 is 16.2 Å². The van der Waals surface area contributed by atoms with Crippen LogP contribution in [0, 0.1) is 6.92 Å². The van der Waals surface area contributed by atoms with E-state index < -0.39 is 0 Å². The summed E-state index contributed by atoms with van der Waals surface area (Å²) in [6.45, 7) is 1.96. The average molecular weight is 493 g/mol. The van der Waals surface area contributed by atoms with Gasteiger partial charge in [-0.3, -0.25) is 10.9 Å². The summed E-state index contributed by atoms with van der Waals surface area (Å²) in [5.74, 6) is 0.101. The maximum Gasteiger partial charge on any atom is 0.182 e. The summed E-state index contributed by atoms with van der Waals surface area (Å²) in [7, 11) is 0. The highest BCUT2D eigenvalue weighted by molar-refractivity contribution is 8.13. The van der Waals surface area contributed by atoms with Crippen LogP contribution in [0.25, 0.3) is 0 Å². The first-order valence-corrected chi connectivity index (χ1v) is 13.0. The largest absolute Gasteiger partial charge is 0.507 e. The Morgan fingerprint density at radius 1 is 0.912 bits per heavy atom. The third-order valence-corrected chi connectivity index (χ3v) is 5.82. The maximum atomic E-state index is 10.7. The molecule has 0 aliphatic heterocycles. The molecule has 0 saturated carbocycles. The molecule has 3 aromatic rings. The Labute approximate surface area is 208 Å². The minimum absolute atomic E-state index is 0.101. The van der Waals surface area contributed by atoms with E-state index in [-0.39, 0.29) is 11.2 Å². The highest BCUT2D eigenvalue weighted by Crippen LogP contribution is 2.22. The van der Waals surface area contributed by atoms with Gasteiger partial charge in [0.1, 0.15) is 5.75 Å². The van der Waals surface area contributed by atoms with Crippen LogP contribution >= 0.6 is 23.5 Å². The van der Waals surface area contributed by atoms with E-state index >= 15 is 0 Å². The van der Waals surface area contributed by atoms with Gasteiger partial charge in [-0.05, 0) is 61.4 Å². The van der Waals surface area contributed by atoms with E-state index in [2.05, 4.69) is 31.4 Å². The Morgan fingerprint density at radius 3 is 2.15 bits per heavy atom. The molecule has 7 nitrogen and oxygen atoms in total. The summed E-state index contributed by atoms with van der Waals surface area (Å²) in [6.07, 6.45) is 7.09. The number of hydrogen-bond acceptors (Lipinski definition) is 8. The molecule has 34 heavy (non-hydrogen) atoms. The summed E-state index contributed by atoms with van der Waals surface area (Å²) in [5.41, 5.74) is 9.87.